The Morgan fingerprint density at radius 2 is 1.39 bits per heavy atom. The molecule has 0 aliphatic carbocycles. The number of rotatable bonds is 4. The van der Waals surface area contributed by atoms with Crippen LogP contribution in [0.1, 0.15) is 17.0 Å². The molecule has 3 aromatic carbocycles. The van der Waals surface area contributed by atoms with Crippen LogP contribution >= 0.6 is 23.2 Å². The molecule has 0 saturated carbocycles. The lowest BCUT2D eigenvalue weighted by atomic mass is 10.2. The summed E-state index contributed by atoms with van der Waals surface area (Å²) in [6, 6.07) is 21.8. The van der Waals surface area contributed by atoms with Crippen LogP contribution in [0.2, 0.25) is 10.0 Å². The van der Waals surface area contributed by atoms with Gasteiger partial charge in [0.15, 0.2) is 0 Å². The predicted molar refractivity (Wildman–Crippen MR) is 138 cm³/mol. The third-order valence-corrected chi connectivity index (χ3v) is 6.40. The van der Waals surface area contributed by atoms with Crippen molar-refractivity contribution < 1.29 is 9.47 Å². The van der Waals surface area contributed by atoms with Crippen molar-refractivity contribution in [1.82, 2.24) is 9.55 Å². The minimum atomic E-state index is 0.640. The zero-order valence-corrected chi connectivity index (χ0v) is 20.6. The normalized spacial score (nSPS) is 10.8. The van der Waals surface area contributed by atoms with Crippen molar-refractivity contribution in [2.45, 2.75) is 20.4 Å². The Labute approximate surface area is 203 Å². The van der Waals surface area contributed by atoms with Crippen LogP contribution in [0, 0.1) is 13.8 Å². The van der Waals surface area contributed by atoms with Gasteiger partial charge in [0.1, 0.15) is 11.5 Å². The molecular weight excluding hydrogens is 455 g/mol. The average molecular weight is 481 g/mol. The molecule has 2 heterocycles. The Bertz CT molecular complexity index is 1400. The number of hydrogen-bond acceptors (Lipinski definition) is 2. The zero-order chi connectivity index (χ0) is 23.5. The van der Waals surface area contributed by atoms with Crippen molar-refractivity contribution in [3.8, 4) is 11.5 Å². The van der Waals surface area contributed by atoms with Crippen molar-refractivity contribution in [3.63, 3.8) is 0 Å². The van der Waals surface area contributed by atoms with E-state index in [-0.39, 0.29) is 0 Å². The van der Waals surface area contributed by atoms with Crippen molar-refractivity contribution in [1.29, 1.82) is 0 Å². The highest BCUT2D eigenvalue weighted by atomic mass is 35.5. The third kappa shape index (κ3) is 4.68. The summed E-state index contributed by atoms with van der Waals surface area (Å²) in [5.41, 5.74) is 5.49. The van der Waals surface area contributed by atoms with Crippen LogP contribution in [0.4, 0.5) is 0 Å². The first-order chi connectivity index (χ1) is 15.9. The molecule has 5 aromatic rings. The summed E-state index contributed by atoms with van der Waals surface area (Å²) in [4.78, 5) is 3.25. The van der Waals surface area contributed by atoms with E-state index in [9.17, 15) is 0 Å². The number of fused-ring (bicyclic) bond motifs is 2. The molecule has 6 heteroatoms. The van der Waals surface area contributed by atoms with Crippen LogP contribution < -0.4 is 9.47 Å². The Balaban J connectivity index is 0.000000183. The molecule has 0 unspecified atom stereocenters. The van der Waals surface area contributed by atoms with Crippen LogP contribution in [0.5, 0.6) is 11.5 Å². The monoisotopic (exact) mass is 480 g/mol. The Morgan fingerprint density at radius 1 is 0.788 bits per heavy atom. The second-order valence-corrected chi connectivity index (χ2v) is 8.65. The van der Waals surface area contributed by atoms with E-state index in [2.05, 4.69) is 34.7 Å². The highest BCUT2D eigenvalue weighted by Crippen LogP contribution is 2.32. The van der Waals surface area contributed by atoms with E-state index in [0.717, 1.165) is 50.3 Å². The van der Waals surface area contributed by atoms with Gasteiger partial charge in [-0.25, -0.2) is 0 Å². The number of H-pyrrole nitrogens is 1. The first-order valence-electron chi connectivity index (χ1n) is 10.6. The predicted octanol–water partition coefficient (Wildman–Crippen LogP) is 7.80. The maximum absolute atomic E-state index is 6.29. The summed E-state index contributed by atoms with van der Waals surface area (Å²) in [6.07, 6.45) is 0. The van der Waals surface area contributed by atoms with Gasteiger partial charge in [0.05, 0.1) is 26.3 Å². The second-order valence-electron chi connectivity index (χ2n) is 7.84. The van der Waals surface area contributed by atoms with Gasteiger partial charge in [-0.1, -0.05) is 41.4 Å². The quantitative estimate of drug-likeness (QED) is 0.285. The lowest BCUT2D eigenvalue weighted by Crippen LogP contribution is -2.02. The molecule has 0 fully saturated rings. The van der Waals surface area contributed by atoms with Gasteiger partial charge < -0.3 is 19.0 Å². The molecule has 170 valence electrons. The van der Waals surface area contributed by atoms with Crippen molar-refractivity contribution in [2.75, 3.05) is 14.2 Å². The topological polar surface area (TPSA) is 39.2 Å². The maximum atomic E-state index is 6.29. The molecule has 2 aromatic heterocycles. The summed E-state index contributed by atoms with van der Waals surface area (Å²) >= 11 is 12.6. The van der Waals surface area contributed by atoms with Gasteiger partial charge in [0.2, 0.25) is 0 Å². The molecule has 0 saturated heterocycles. The standard InChI is InChI=1S/C17H15Cl2NO.C10H11NO/c1-11-9-12-16(7-4-8-17(12)21-2)20(11)10-13-14(18)5-3-6-15(13)19;1-7-6-8-9(11-7)4-3-5-10(8)12-2/h3-9H,10H2,1-2H3;3-6,11H,1-2H3. The minimum absolute atomic E-state index is 0.640. The maximum Gasteiger partial charge on any atom is 0.128 e. The number of aromatic nitrogens is 2. The fraction of sp³-hybridized carbons (Fsp3) is 0.185. The zero-order valence-electron chi connectivity index (χ0n) is 19.1. The van der Waals surface area contributed by atoms with Gasteiger partial charge in [-0.15, -0.1) is 0 Å². The number of nitrogens with zero attached hydrogens (tertiary/aromatic N) is 1. The average Bonchev–Trinajstić information content (AvgIpc) is 3.34. The van der Waals surface area contributed by atoms with Gasteiger partial charge >= 0.3 is 0 Å². The Kier molecular flexibility index (Phi) is 6.87. The van der Waals surface area contributed by atoms with Crippen LogP contribution in [0.3, 0.4) is 0 Å². The molecule has 0 aliphatic rings. The number of aromatic amines is 1. The highest BCUT2D eigenvalue weighted by molar-refractivity contribution is 6.36. The van der Waals surface area contributed by atoms with E-state index in [4.69, 9.17) is 32.7 Å². The van der Waals surface area contributed by atoms with Crippen molar-refractivity contribution in [3.05, 3.63) is 93.7 Å². The van der Waals surface area contributed by atoms with E-state index in [1.807, 2.05) is 55.5 Å². The molecule has 1 N–H and O–H groups in total. The van der Waals surface area contributed by atoms with Crippen molar-refractivity contribution in [2.24, 2.45) is 0 Å². The van der Waals surface area contributed by atoms with Crippen LogP contribution in [0.25, 0.3) is 21.8 Å². The molecule has 0 atom stereocenters. The SMILES string of the molecule is COc1cccc2[nH]c(C)cc12.COc1cccc2c1cc(C)n2Cc1c(Cl)cccc1Cl. The summed E-state index contributed by atoms with van der Waals surface area (Å²) in [5.74, 6) is 1.80. The number of methoxy groups -OCH3 is 2. The summed E-state index contributed by atoms with van der Waals surface area (Å²) in [5, 5.41) is 3.62. The minimum Gasteiger partial charge on any atom is -0.496 e. The first kappa shape index (κ1) is 23.1. The molecule has 5 rings (SSSR count). The van der Waals surface area contributed by atoms with Gasteiger partial charge in [-0.3, -0.25) is 0 Å². The number of nitrogens with one attached hydrogen (secondary N) is 1. The summed E-state index contributed by atoms with van der Waals surface area (Å²) in [6.45, 7) is 4.75. The van der Waals surface area contributed by atoms with E-state index in [1.54, 1.807) is 14.2 Å². The van der Waals surface area contributed by atoms with Gasteiger partial charge in [-0.05, 0) is 62.4 Å². The molecule has 4 nitrogen and oxygen atoms in total. The smallest absolute Gasteiger partial charge is 0.128 e. The second kappa shape index (κ2) is 9.82. The number of ether oxygens (including phenoxy) is 2. The van der Waals surface area contributed by atoms with Crippen LogP contribution in [-0.4, -0.2) is 23.8 Å². The largest absolute Gasteiger partial charge is 0.496 e. The number of benzene rings is 3. The first-order valence-corrected chi connectivity index (χ1v) is 11.4. The van der Waals surface area contributed by atoms with Crippen LogP contribution in [-0.2, 0) is 6.54 Å². The number of halogens is 2. The van der Waals surface area contributed by atoms with Gasteiger partial charge in [0, 0.05) is 43.3 Å². The molecule has 0 radical (unpaired) electrons. The van der Waals surface area contributed by atoms with Crippen molar-refractivity contribution >= 4 is 45.0 Å². The summed E-state index contributed by atoms with van der Waals surface area (Å²) < 4.78 is 12.8. The van der Waals surface area contributed by atoms with Crippen LogP contribution in [0.15, 0.2) is 66.7 Å². The Hall–Kier alpha value is -3.08. The molecule has 0 aliphatic heterocycles. The molecule has 0 amide bonds. The number of aryl methyl sites for hydroxylation is 2. The molecule has 0 spiro atoms. The van der Waals surface area contributed by atoms with E-state index < -0.39 is 0 Å². The fourth-order valence-corrected chi connectivity index (χ4v) is 4.58. The molecule has 0 bridgehead atoms. The molecule has 33 heavy (non-hydrogen) atoms. The van der Waals surface area contributed by atoms with Gasteiger partial charge in [0.25, 0.3) is 0 Å². The van der Waals surface area contributed by atoms with E-state index in [1.165, 1.54) is 0 Å². The lowest BCUT2D eigenvalue weighted by molar-refractivity contribution is 0.419. The number of hydrogen-bond donors (Lipinski definition) is 1. The summed E-state index contributed by atoms with van der Waals surface area (Å²) in [7, 11) is 3.38. The van der Waals surface area contributed by atoms with Gasteiger partial charge in [-0.2, -0.15) is 0 Å². The highest BCUT2D eigenvalue weighted by Gasteiger charge is 2.13. The third-order valence-electron chi connectivity index (χ3n) is 5.69. The Morgan fingerprint density at radius 3 is 2.06 bits per heavy atom. The molecular formula is C27H26Cl2N2O2. The fourth-order valence-electron chi connectivity index (χ4n) is 4.06. The van der Waals surface area contributed by atoms with E-state index in [0.29, 0.717) is 16.6 Å². The lowest BCUT2D eigenvalue weighted by Gasteiger charge is -2.12. The van der Waals surface area contributed by atoms with E-state index >= 15 is 0 Å².